The summed E-state index contributed by atoms with van der Waals surface area (Å²) in [5.74, 6) is -0.252. The number of nitrogens with zero attached hydrogens (tertiary/aromatic N) is 1. The van der Waals surface area contributed by atoms with E-state index in [-0.39, 0.29) is 12.0 Å². The van der Waals surface area contributed by atoms with E-state index in [2.05, 4.69) is 15.6 Å². The van der Waals surface area contributed by atoms with E-state index in [1.54, 1.807) is 24.5 Å². The fourth-order valence-corrected chi connectivity index (χ4v) is 4.02. The summed E-state index contributed by atoms with van der Waals surface area (Å²) in [7, 11) is 1.53. The number of carbonyl (C=O) groups excluding carboxylic acids is 2. The van der Waals surface area contributed by atoms with Gasteiger partial charge in [-0.1, -0.05) is 6.07 Å². The maximum absolute atomic E-state index is 12.2. The number of rotatable bonds is 4. The number of carbonyl (C=O) groups is 2. The van der Waals surface area contributed by atoms with Gasteiger partial charge in [0.15, 0.2) is 0 Å². The highest BCUT2D eigenvalue weighted by Gasteiger charge is 2.27. The zero-order valence-corrected chi connectivity index (χ0v) is 15.1. The van der Waals surface area contributed by atoms with Gasteiger partial charge in [-0.05, 0) is 36.1 Å². The summed E-state index contributed by atoms with van der Waals surface area (Å²) in [6, 6.07) is 3.67. The molecule has 2 aromatic rings. The summed E-state index contributed by atoms with van der Waals surface area (Å²) in [6.07, 6.45) is 7.94. The van der Waals surface area contributed by atoms with Crippen LogP contribution in [0.25, 0.3) is 6.08 Å². The molecular weight excluding hydrogens is 352 g/mol. The van der Waals surface area contributed by atoms with Crippen LogP contribution in [0, 0.1) is 0 Å². The van der Waals surface area contributed by atoms with Gasteiger partial charge < -0.3 is 21.1 Å². The molecule has 0 saturated heterocycles. The summed E-state index contributed by atoms with van der Waals surface area (Å²) in [6.45, 7) is 0. The molecule has 0 fully saturated rings. The highest BCUT2D eigenvalue weighted by molar-refractivity contribution is 7.17. The molecule has 4 N–H and O–H groups in total. The van der Waals surface area contributed by atoms with Crippen molar-refractivity contribution in [3.63, 3.8) is 0 Å². The Labute approximate surface area is 155 Å². The number of thiophene rings is 1. The van der Waals surface area contributed by atoms with Crippen LogP contribution in [-0.4, -0.2) is 30.1 Å². The van der Waals surface area contributed by atoms with E-state index in [1.807, 2.05) is 6.07 Å². The van der Waals surface area contributed by atoms with Crippen LogP contribution in [0.3, 0.4) is 0 Å². The fraction of sp³-hybridized carbons (Fsp3) is 0.278. The minimum Gasteiger partial charge on any atom is -0.446 e. The normalized spacial score (nSPS) is 16.1. The molecule has 1 aliphatic rings. The van der Waals surface area contributed by atoms with Crippen molar-refractivity contribution in [1.29, 1.82) is 0 Å². The molecule has 2 heterocycles. The largest absolute Gasteiger partial charge is 0.446 e. The minimum absolute atomic E-state index is 0.172. The summed E-state index contributed by atoms with van der Waals surface area (Å²) < 4.78 is 5.33. The number of hydrogen-bond acceptors (Lipinski definition) is 6. The molecule has 0 bridgehead atoms. The van der Waals surface area contributed by atoms with Crippen LogP contribution in [0.1, 0.15) is 22.4 Å². The predicted octanol–water partition coefficient (Wildman–Crippen LogP) is 2.59. The molecule has 7 nitrogen and oxygen atoms in total. The van der Waals surface area contributed by atoms with Gasteiger partial charge >= 0.3 is 6.09 Å². The Morgan fingerprint density at radius 1 is 1.46 bits per heavy atom. The van der Waals surface area contributed by atoms with Crippen molar-refractivity contribution < 1.29 is 14.3 Å². The van der Waals surface area contributed by atoms with Gasteiger partial charge in [-0.25, -0.2) is 4.79 Å². The van der Waals surface area contributed by atoms with Crippen molar-refractivity contribution >= 4 is 40.1 Å². The average molecular weight is 372 g/mol. The number of aromatic nitrogens is 1. The first-order valence-electron chi connectivity index (χ1n) is 8.24. The van der Waals surface area contributed by atoms with E-state index in [4.69, 9.17) is 10.5 Å². The molecule has 1 atom stereocenters. The van der Waals surface area contributed by atoms with Gasteiger partial charge in [0.05, 0.1) is 5.69 Å². The summed E-state index contributed by atoms with van der Waals surface area (Å²) in [5.41, 5.74) is 8.68. The summed E-state index contributed by atoms with van der Waals surface area (Å²) in [4.78, 5) is 28.6. The number of anilines is 2. The number of nitrogen functional groups attached to an aromatic ring is 1. The molecule has 136 valence electrons. The van der Waals surface area contributed by atoms with Crippen LogP contribution < -0.4 is 16.4 Å². The van der Waals surface area contributed by atoms with Gasteiger partial charge in [0.2, 0.25) is 5.91 Å². The Morgan fingerprint density at radius 3 is 3.04 bits per heavy atom. The topological polar surface area (TPSA) is 106 Å². The van der Waals surface area contributed by atoms with Gasteiger partial charge in [-0.2, -0.15) is 0 Å². The van der Waals surface area contributed by atoms with Crippen molar-refractivity contribution in [1.82, 2.24) is 10.3 Å². The molecule has 26 heavy (non-hydrogen) atoms. The standard InChI is InChI=1S/C18H20N4O3S/c1-20-18(24)25-12-5-6-13-14(9-12)26-17(16(13)19)22-15(23)7-4-11-3-2-8-21-10-11/h2-4,7-8,10,12H,5-6,9,19H2,1H3,(H,20,24)(H,22,23)/b7-4+. The Morgan fingerprint density at radius 2 is 2.31 bits per heavy atom. The summed E-state index contributed by atoms with van der Waals surface area (Å²) in [5, 5.41) is 5.92. The number of alkyl carbamates (subject to hydrolysis) is 1. The molecule has 8 heteroatoms. The molecule has 1 aliphatic carbocycles. The third kappa shape index (κ3) is 4.20. The Kier molecular flexibility index (Phi) is 5.52. The molecule has 3 rings (SSSR count). The number of nitrogens with two attached hydrogens (primary N) is 1. The van der Waals surface area contributed by atoms with Gasteiger partial charge in [0.25, 0.3) is 0 Å². The Bertz CT molecular complexity index is 832. The highest BCUT2D eigenvalue weighted by atomic mass is 32.1. The molecule has 2 aromatic heterocycles. The minimum atomic E-state index is -0.433. The number of ether oxygens (including phenoxy) is 1. The van der Waals surface area contributed by atoms with Crippen LogP contribution >= 0.6 is 11.3 Å². The first kappa shape index (κ1) is 17.9. The maximum atomic E-state index is 12.2. The second kappa shape index (κ2) is 8.01. The first-order valence-corrected chi connectivity index (χ1v) is 9.06. The number of hydrogen-bond donors (Lipinski definition) is 3. The van der Waals surface area contributed by atoms with E-state index in [0.29, 0.717) is 17.1 Å². The van der Waals surface area contributed by atoms with Crippen molar-refractivity contribution in [3.8, 4) is 0 Å². The van der Waals surface area contributed by atoms with Crippen LogP contribution in [0.4, 0.5) is 15.5 Å². The van der Waals surface area contributed by atoms with Crippen molar-refractivity contribution in [2.24, 2.45) is 0 Å². The molecule has 0 spiro atoms. The summed E-state index contributed by atoms with van der Waals surface area (Å²) >= 11 is 1.44. The number of amides is 2. The lowest BCUT2D eigenvalue weighted by Crippen LogP contribution is -2.29. The van der Waals surface area contributed by atoms with Crippen molar-refractivity contribution in [2.45, 2.75) is 25.4 Å². The SMILES string of the molecule is CNC(=O)OC1CCc2c(sc(NC(=O)/C=C/c3cccnc3)c2N)C1. The van der Waals surface area contributed by atoms with Gasteiger partial charge in [-0.3, -0.25) is 9.78 Å². The number of pyridine rings is 1. The molecule has 0 radical (unpaired) electrons. The van der Waals surface area contributed by atoms with Gasteiger partial charge in [0.1, 0.15) is 11.1 Å². The fourth-order valence-electron chi connectivity index (χ4n) is 2.78. The quantitative estimate of drug-likeness (QED) is 0.715. The van der Waals surface area contributed by atoms with E-state index in [1.165, 1.54) is 24.5 Å². The first-order chi connectivity index (χ1) is 12.6. The third-order valence-electron chi connectivity index (χ3n) is 4.09. The number of fused-ring (bicyclic) bond motifs is 1. The van der Waals surface area contributed by atoms with Gasteiger partial charge in [-0.15, -0.1) is 11.3 Å². The average Bonchev–Trinajstić information content (AvgIpc) is 2.95. The highest BCUT2D eigenvalue weighted by Crippen LogP contribution is 2.40. The lowest BCUT2D eigenvalue weighted by molar-refractivity contribution is -0.111. The molecule has 1 unspecified atom stereocenters. The van der Waals surface area contributed by atoms with E-state index >= 15 is 0 Å². The lowest BCUT2D eigenvalue weighted by atomic mass is 9.95. The molecule has 0 aromatic carbocycles. The monoisotopic (exact) mass is 372 g/mol. The van der Waals surface area contributed by atoms with E-state index < -0.39 is 6.09 Å². The van der Waals surface area contributed by atoms with E-state index in [9.17, 15) is 9.59 Å². The second-order valence-electron chi connectivity index (χ2n) is 5.88. The van der Waals surface area contributed by atoms with E-state index in [0.717, 1.165) is 28.8 Å². The zero-order chi connectivity index (χ0) is 18.5. The third-order valence-corrected chi connectivity index (χ3v) is 5.27. The maximum Gasteiger partial charge on any atom is 0.407 e. The zero-order valence-electron chi connectivity index (χ0n) is 14.3. The molecular formula is C18H20N4O3S. The van der Waals surface area contributed by atoms with Gasteiger partial charge in [0, 0.05) is 36.8 Å². The van der Waals surface area contributed by atoms with Crippen LogP contribution in [0.2, 0.25) is 0 Å². The Hall–Kier alpha value is -2.87. The molecule has 0 aliphatic heterocycles. The van der Waals surface area contributed by atoms with Crippen molar-refractivity contribution in [3.05, 3.63) is 46.6 Å². The smallest absolute Gasteiger partial charge is 0.407 e. The predicted molar refractivity (Wildman–Crippen MR) is 102 cm³/mol. The molecule has 2 amide bonds. The Balaban J connectivity index is 1.66. The second-order valence-corrected chi connectivity index (χ2v) is 6.98. The van der Waals surface area contributed by atoms with Crippen LogP contribution in [0.15, 0.2) is 30.6 Å². The van der Waals surface area contributed by atoms with Crippen molar-refractivity contribution in [2.75, 3.05) is 18.1 Å². The number of nitrogens with one attached hydrogen (secondary N) is 2. The van der Waals surface area contributed by atoms with Crippen LogP contribution in [0.5, 0.6) is 0 Å². The molecule has 0 saturated carbocycles. The van der Waals surface area contributed by atoms with Crippen LogP contribution in [-0.2, 0) is 22.4 Å². The lowest BCUT2D eigenvalue weighted by Gasteiger charge is -2.22.